The van der Waals surface area contributed by atoms with Crippen LogP contribution < -0.4 is 9.80 Å². The molecule has 0 unspecified atom stereocenters. The molecule has 0 bridgehead atoms. The number of ether oxygens (including phenoxy) is 1. The molecule has 2 saturated heterocycles. The first-order chi connectivity index (χ1) is 13.1. The van der Waals surface area contributed by atoms with Crippen molar-refractivity contribution in [2.75, 3.05) is 36.1 Å². The summed E-state index contributed by atoms with van der Waals surface area (Å²) in [4.78, 5) is 17.5. The minimum atomic E-state index is -0.0622. The molecule has 2 aromatic rings. The Hall–Kier alpha value is -2.15. The molecule has 0 aromatic heterocycles. The zero-order valence-electron chi connectivity index (χ0n) is 15.1. The van der Waals surface area contributed by atoms with Crippen molar-refractivity contribution in [2.45, 2.75) is 6.92 Å². The van der Waals surface area contributed by atoms with Crippen molar-refractivity contribution in [3.05, 3.63) is 64.6 Å². The van der Waals surface area contributed by atoms with Gasteiger partial charge in [0.1, 0.15) is 0 Å². The van der Waals surface area contributed by atoms with Crippen LogP contribution in [0.2, 0.25) is 0 Å². The third-order valence-corrected chi connectivity index (χ3v) is 6.03. The summed E-state index contributed by atoms with van der Waals surface area (Å²) in [5.41, 5.74) is 4.19. The molecule has 0 aliphatic carbocycles. The van der Waals surface area contributed by atoms with E-state index in [9.17, 15) is 4.79 Å². The highest BCUT2D eigenvalue weighted by molar-refractivity contribution is 8.27. The van der Waals surface area contributed by atoms with Crippen molar-refractivity contribution in [3.8, 4) is 0 Å². The van der Waals surface area contributed by atoms with Crippen LogP contribution in [0, 0.1) is 6.92 Å². The first-order valence-corrected chi connectivity index (χ1v) is 10.1. The average molecular weight is 397 g/mol. The molecule has 2 aliphatic rings. The lowest BCUT2D eigenvalue weighted by Gasteiger charge is -2.29. The minimum Gasteiger partial charge on any atom is -0.378 e. The second kappa shape index (κ2) is 7.84. The van der Waals surface area contributed by atoms with E-state index >= 15 is 0 Å². The first kappa shape index (κ1) is 18.2. The lowest BCUT2D eigenvalue weighted by atomic mass is 10.1. The zero-order chi connectivity index (χ0) is 18.8. The van der Waals surface area contributed by atoms with E-state index in [0.29, 0.717) is 9.23 Å². The topological polar surface area (TPSA) is 32.8 Å². The SMILES string of the molecule is Cc1cc(N2CCOCC2)ccc1/C=C1\SC(=S)N(c2ccccc2)C1=O. The molecular weight excluding hydrogens is 376 g/mol. The van der Waals surface area contributed by atoms with Crippen molar-refractivity contribution in [3.63, 3.8) is 0 Å². The molecule has 0 atom stereocenters. The molecule has 1 amide bonds. The summed E-state index contributed by atoms with van der Waals surface area (Å²) in [6, 6.07) is 15.9. The van der Waals surface area contributed by atoms with Gasteiger partial charge in [0.15, 0.2) is 4.32 Å². The van der Waals surface area contributed by atoms with E-state index < -0.39 is 0 Å². The first-order valence-electron chi connectivity index (χ1n) is 8.90. The number of rotatable bonds is 3. The van der Waals surface area contributed by atoms with E-state index in [0.717, 1.165) is 43.1 Å². The molecule has 2 heterocycles. The van der Waals surface area contributed by atoms with E-state index in [1.807, 2.05) is 36.4 Å². The fourth-order valence-corrected chi connectivity index (χ4v) is 4.54. The highest BCUT2D eigenvalue weighted by atomic mass is 32.2. The third kappa shape index (κ3) is 3.78. The maximum atomic E-state index is 12.9. The van der Waals surface area contributed by atoms with Gasteiger partial charge in [0, 0.05) is 18.8 Å². The summed E-state index contributed by atoms with van der Waals surface area (Å²) < 4.78 is 5.99. The summed E-state index contributed by atoms with van der Waals surface area (Å²) in [7, 11) is 0. The fraction of sp³-hybridized carbons (Fsp3) is 0.238. The maximum absolute atomic E-state index is 12.9. The average Bonchev–Trinajstić information content (AvgIpc) is 2.98. The van der Waals surface area contributed by atoms with Gasteiger partial charge < -0.3 is 9.64 Å². The third-order valence-electron chi connectivity index (χ3n) is 4.72. The van der Waals surface area contributed by atoms with Gasteiger partial charge in [-0.15, -0.1) is 0 Å². The summed E-state index contributed by atoms with van der Waals surface area (Å²) in [6.45, 7) is 5.43. The van der Waals surface area contributed by atoms with Gasteiger partial charge in [-0.3, -0.25) is 9.69 Å². The van der Waals surface area contributed by atoms with Crippen molar-refractivity contribution in [1.29, 1.82) is 0 Å². The number of para-hydroxylation sites is 1. The Labute approximate surface area is 168 Å². The molecule has 4 rings (SSSR count). The second-order valence-electron chi connectivity index (χ2n) is 6.49. The Balaban J connectivity index is 1.58. The predicted molar refractivity (Wildman–Crippen MR) is 116 cm³/mol. The van der Waals surface area contributed by atoms with Gasteiger partial charge in [0.25, 0.3) is 5.91 Å². The Morgan fingerprint density at radius 1 is 1.07 bits per heavy atom. The number of amides is 1. The molecule has 27 heavy (non-hydrogen) atoms. The van der Waals surface area contributed by atoms with Gasteiger partial charge in [0.2, 0.25) is 0 Å². The van der Waals surface area contributed by atoms with Gasteiger partial charge in [-0.25, -0.2) is 0 Å². The van der Waals surface area contributed by atoms with E-state index in [4.69, 9.17) is 17.0 Å². The van der Waals surface area contributed by atoms with Gasteiger partial charge in [-0.05, 0) is 48.4 Å². The monoisotopic (exact) mass is 396 g/mol. The number of hydrogen-bond donors (Lipinski definition) is 0. The number of aryl methyl sites for hydroxylation is 1. The molecule has 2 aliphatic heterocycles. The number of anilines is 2. The lowest BCUT2D eigenvalue weighted by molar-refractivity contribution is -0.113. The molecule has 0 saturated carbocycles. The lowest BCUT2D eigenvalue weighted by Crippen LogP contribution is -2.36. The molecular formula is C21H20N2O2S2. The highest BCUT2D eigenvalue weighted by Gasteiger charge is 2.33. The Kier molecular flexibility index (Phi) is 5.29. The number of nitrogens with zero attached hydrogens (tertiary/aromatic N) is 2. The summed E-state index contributed by atoms with van der Waals surface area (Å²) in [5, 5.41) is 0. The van der Waals surface area contributed by atoms with Crippen molar-refractivity contribution in [1.82, 2.24) is 0 Å². The van der Waals surface area contributed by atoms with E-state index in [1.54, 1.807) is 4.90 Å². The Morgan fingerprint density at radius 3 is 2.52 bits per heavy atom. The van der Waals surface area contributed by atoms with Gasteiger partial charge >= 0.3 is 0 Å². The summed E-state index contributed by atoms with van der Waals surface area (Å²) in [5.74, 6) is -0.0622. The van der Waals surface area contributed by atoms with Crippen LogP contribution in [-0.2, 0) is 9.53 Å². The Morgan fingerprint density at radius 2 is 1.81 bits per heavy atom. The number of thioether (sulfide) groups is 1. The number of thiocarbonyl (C=S) groups is 1. The molecule has 4 nitrogen and oxygen atoms in total. The molecule has 2 fully saturated rings. The van der Waals surface area contributed by atoms with Crippen LogP contribution >= 0.6 is 24.0 Å². The van der Waals surface area contributed by atoms with Crippen LogP contribution in [0.5, 0.6) is 0 Å². The molecule has 138 valence electrons. The molecule has 2 aromatic carbocycles. The zero-order valence-corrected chi connectivity index (χ0v) is 16.7. The van der Waals surface area contributed by atoms with Crippen LogP contribution in [-0.4, -0.2) is 36.5 Å². The predicted octanol–water partition coefficient (Wildman–Crippen LogP) is 4.24. The number of benzene rings is 2. The van der Waals surface area contributed by atoms with Crippen molar-refractivity contribution in [2.24, 2.45) is 0 Å². The largest absolute Gasteiger partial charge is 0.378 e. The standard InChI is InChI=1S/C21H20N2O2S2/c1-15-13-18(22-9-11-25-12-10-22)8-7-16(15)14-19-20(24)23(21(26)27-19)17-5-3-2-4-6-17/h2-8,13-14H,9-12H2,1H3/b19-14-. The number of hydrogen-bond acceptors (Lipinski definition) is 5. The molecule has 0 N–H and O–H groups in total. The van der Waals surface area contributed by atoms with Crippen molar-refractivity contribution < 1.29 is 9.53 Å². The van der Waals surface area contributed by atoms with Gasteiger partial charge in [-0.2, -0.15) is 0 Å². The second-order valence-corrected chi connectivity index (χ2v) is 8.17. The fourth-order valence-electron chi connectivity index (χ4n) is 3.25. The number of carbonyl (C=O) groups excluding carboxylic acids is 1. The summed E-state index contributed by atoms with van der Waals surface area (Å²) in [6.07, 6.45) is 1.95. The van der Waals surface area contributed by atoms with Crippen molar-refractivity contribution >= 4 is 51.7 Å². The molecule has 0 spiro atoms. The normalized spacial score (nSPS) is 19.2. The van der Waals surface area contributed by atoms with Gasteiger partial charge in [-0.1, -0.05) is 48.2 Å². The van der Waals surface area contributed by atoms with E-state index in [-0.39, 0.29) is 5.91 Å². The minimum absolute atomic E-state index is 0.0622. The number of morpholine rings is 1. The maximum Gasteiger partial charge on any atom is 0.270 e. The molecule has 0 radical (unpaired) electrons. The Bertz CT molecular complexity index is 906. The van der Waals surface area contributed by atoms with Crippen LogP contribution in [0.25, 0.3) is 6.08 Å². The quantitative estimate of drug-likeness (QED) is 0.573. The van der Waals surface area contributed by atoms with E-state index in [2.05, 4.69) is 30.0 Å². The van der Waals surface area contributed by atoms with Crippen LogP contribution in [0.3, 0.4) is 0 Å². The van der Waals surface area contributed by atoms with Crippen LogP contribution in [0.1, 0.15) is 11.1 Å². The smallest absolute Gasteiger partial charge is 0.270 e. The van der Waals surface area contributed by atoms with Crippen LogP contribution in [0.15, 0.2) is 53.4 Å². The number of carbonyl (C=O) groups is 1. The van der Waals surface area contributed by atoms with Crippen LogP contribution in [0.4, 0.5) is 11.4 Å². The molecule has 6 heteroatoms. The summed E-state index contributed by atoms with van der Waals surface area (Å²) >= 11 is 6.79. The van der Waals surface area contributed by atoms with E-state index in [1.165, 1.54) is 17.4 Å². The highest BCUT2D eigenvalue weighted by Crippen LogP contribution is 2.36. The van der Waals surface area contributed by atoms with Gasteiger partial charge in [0.05, 0.1) is 23.8 Å².